The monoisotopic (exact) mass is 556 g/mol. The zero-order valence-electron chi connectivity index (χ0n) is 20.8. The Bertz CT molecular complexity index is 1240. The number of esters is 2. The van der Waals surface area contributed by atoms with Gasteiger partial charge in [0.15, 0.2) is 0 Å². The normalized spacial score (nSPS) is 12.1. The summed E-state index contributed by atoms with van der Waals surface area (Å²) in [7, 11) is 0. The first kappa shape index (κ1) is 29.5. The number of hydrogen-bond acceptors (Lipinski definition) is 12. The van der Waals surface area contributed by atoms with Crippen molar-refractivity contribution in [2.75, 3.05) is 26.4 Å². The van der Waals surface area contributed by atoms with E-state index in [4.69, 9.17) is 18.9 Å². The predicted molar refractivity (Wildman–Crippen MR) is 136 cm³/mol. The van der Waals surface area contributed by atoms with Crippen molar-refractivity contribution in [2.24, 2.45) is 0 Å². The van der Waals surface area contributed by atoms with E-state index >= 15 is 0 Å². The molecule has 40 heavy (non-hydrogen) atoms. The third kappa shape index (κ3) is 9.04. The van der Waals surface area contributed by atoms with Crippen molar-refractivity contribution in [2.45, 2.75) is 12.2 Å². The SMILES string of the molecule is O=C(OC[C@@H](O)COc1ccc(OC[C@H](O)COC(=O)c2cccc([N+](=O)[O-])c2)cc1)c1cccc([N+](=O)[O-])c1. The standard InChI is InChI=1S/C26H24N2O12/c29-21(15-39-25(31)17-3-1-5-19(11-17)27(33)34)13-37-23-7-9-24(10-8-23)38-14-22(30)16-40-26(32)18-4-2-6-20(12-18)28(35)36/h1-12,21-22,29-30H,13-16H2/t21-,22-/m0/s1. The zero-order valence-corrected chi connectivity index (χ0v) is 20.8. The van der Waals surface area contributed by atoms with E-state index in [9.17, 15) is 40.0 Å². The largest absolute Gasteiger partial charge is 0.491 e. The highest BCUT2D eigenvalue weighted by Crippen LogP contribution is 2.19. The van der Waals surface area contributed by atoms with Crippen molar-refractivity contribution in [1.29, 1.82) is 0 Å². The number of carbonyl (C=O) groups is 2. The lowest BCUT2D eigenvalue weighted by atomic mass is 10.2. The quantitative estimate of drug-likeness (QED) is 0.167. The number of carbonyl (C=O) groups excluding carboxylic acids is 2. The summed E-state index contributed by atoms with van der Waals surface area (Å²) in [4.78, 5) is 44.4. The molecule has 0 heterocycles. The van der Waals surface area contributed by atoms with Crippen LogP contribution in [-0.4, -0.2) is 70.6 Å². The summed E-state index contributed by atoms with van der Waals surface area (Å²) < 4.78 is 20.8. The van der Waals surface area contributed by atoms with Gasteiger partial charge in [0.25, 0.3) is 11.4 Å². The molecule has 2 N–H and O–H groups in total. The Hall–Kier alpha value is -5.08. The maximum absolute atomic E-state index is 12.0. The minimum Gasteiger partial charge on any atom is -0.491 e. The summed E-state index contributed by atoms with van der Waals surface area (Å²) >= 11 is 0. The van der Waals surface area contributed by atoms with Gasteiger partial charge in [-0.3, -0.25) is 20.2 Å². The summed E-state index contributed by atoms with van der Waals surface area (Å²) in [5.74, 6) is -0.929. The van der Waals surface area contributed by atoms with Gasteiger partial charge in [-0.1, -0.05) is 12.1 Å². The Kier molecular flexibility index (Phi) is 10.4. The van der Waals surface area contributed by atoms with Gasteiger partial charge in [-0.25, -0.2) is 9.59 Å². The Morgan fingerprint density at radius 3 is 1.38 bits per heavy atom. The van der Waals surface area contributed by atoms with Crippen molar-refractivity contribution < 1.29 is 48.6 Å². The molecule has 3 aromatic carbocycles. The number of rotatable bonds is 14. The number of nitrogens with zero attached hydrogens (tertiary/aromatic N) is 2. The van der Waals surface area contributed by atoms with Crippen molar-refractivity contribution >= 4 is 23.3 Å². The zero-order chi connectivity index (χ0) is 29.1. The molecule has 0 aliphatic rings. The topological polar surface area (TPSA) is 198 Å². The van der Waals surface area contributed by atoms with Crippen molar-refractivity contribution in [3.05, 3.63) is 104 Å². The Balaban J connectivity index is 1.36. The molecule has 3 aromatic rings. The third-order valence-electron chi connectivity index (χ3n) is 5.11. The van der Waals surface area contributed by atoms with E-state index in [1.165, 1.54) is 60.7 Å². The predicted octanol–water partition coefficient (Wildman–Crippen LogP) is 2.70. The lowest BCUT2D eigenvalue weighted by molar-refractivity contribution is -0.385. The van der Waals surface area contributed by atoms with E-state index in [-0.39, 0.29) is 35.7 Å². The fraction of sp³-hybridized carbons (Fsp3) is 0.231. The summed E-state index contributed by atoms with van der Waals surface area (Å²) in [5.41, 5.74) is -0.573. The molecule has 2 atom stereocenters. The lowest BCUT2D eigenvalue weighted by Gasteiger charge is -2.14. The molecule has 210 valence electrons. The molecule has 0 aliphatic carbocycles. The lowest BCUT2D eigenvalue weighted by Crippen LogP contribution is -2.25. The Labute approximate surface area is 226 Å². The van der Waals surface area contributed by atoms with Crippen LogP contribution in [0.25, 0.3) is 0 Å². The minimum absolute atomic E-state index is 0.0244. The molecule has 14 nitrogen and oxygen atoms in total. The van der Waals surface area contributed by atoms with Crippen LogP contribution >= 0.6 is 0 Å². The second-order valence-corrected chi connectivity index (χ2v) is 8.21. The van der Waals surface area contributed by atoms with Gasteiger partial charge in [0.05, 0.1) is 21.0 Å². The van der Waals surface area contributed by atoms with Crippen LogP contribution in [0.1, 0.15) is 20.7 Å². The highest BCUT2D eigenvalue weighted by Gasteiger charge is 2.16. The molecule has 0 saturated heterocycles. The van der Waals surface area contributed by atoms with Gasteiger partial charge in [-0.15, -0.1) is 0 Å². The molecule has 0 aliphatic heterocycles. The van der Waals surface area contributed by atoms with E-state index in [2.05, 4.69) is 0 Å². The van der Waals surface area contributed by atoms with Crippen LogP contribution < -0.4 is 9.47 Å². The van der Waals surface area contributed by atoms with Crippen molar-refractivity contribution in [3.63, 3.8) is 0 Å². The Morgan fingerprint density at radius 1 is 0.650 bits per heavy atom. The molecule has 14 heteroatoms. The van der Waals surface area contributed by atoms with Crippen LogP contribution in [0.15, 0.2) is 72.8 Å². The molecule has 0 aromatic heterocycles. The molecular weight excluding hydrogens is 532 g/mol. The average molecular weight is 556 g/mol. The number of hydrogen-bond donors (Lipinski definition) is 2. The maximum Gasteiger partial charge on any atom is 0.338 e. The summed E-state index contributed by atoms with van der Waals surface area (Å²) in [6.45, 7) is -1.22. The first-order chi connectivity index (χ1) is 19.1. The fourth-order valence-electron chi connectivity index (χ4n) is 3.12. The van der Waals surface area contributed by atoms with Gasteiger partial charge in [-0.2, -0.15) is 0 Å². The first-order valence-electron chi connectivity index (χ1n) is 11.7. The smallest absolute Gasteiger partial charge is 0.338 e. The molecule has 0 bridgehead atoms. The molecule has 0 fully saturated rings. The Morgan fingerprint density at radius 2 is 1.02 bits per heavy atom. The third-order valence-corrected chi connectivity index (χ3v) is 5.11. The first-order valence-corrected chi connectivity index (χ1v) is 11.7. The second kappa shape index (κ2) is 14.2. The number of nitro groups is 2. The molecule has 0 unspecified atom stereocenters. The van der Waals surface area contributed by atoms with Gasteiger partial charge >= 0.3 is 11.9 Å². The molecule has 0 saturated carbocycles. The molecular formula is C26H24N2O12. The van der Waals surface area contributed by atoms with Crippen molar-refractivity contribution in [1.82, 2.24) is 0 Å². The molecule has 0 spiro atoms. The summed E-state index contributed by atoms with van der Waals surface area (Å²) in [5, 5.41) is 41.7. The summed E-state index contributed by atoms with van der Waals surface area (Å²) in [6, 6.07) is 16.2. The minimum atomic E-state index is -1.17. The molecule has 0 amide bonds. The van der Waals surface area contributed by atoms with E-state index < -0.39 is 47.2 Å². The van der Waals surface area contributed by atoms with Gasteiger partial charge in [0.1, 0.15) is 50.1 Å². The number of benzene rings is 3. The van der Waals surface area contributed by atoms with Crippen LogP contribution in [0.3, 0.4) is 0 Å². The van der Waals surface area contributed by atoms with Crippen LogP contribution in [0.2, 0.25) is 0 Å². The van der Waals surface area contributed by atoms with Crippen molar-refractivity contribution in [3.8, 4) is 11.5 Å². The number of aliphatic hydroxyl groups excluding tert-OH is 2. The second-order valence-electron chi connectivity index (χ2n) is 8.21. The highest BCUT2D eigenvalue weighted by molar-refractivity contribution is 5.90. The van der Waals surface area contributed by atoms with Crippen LogP contribution in [0.5, 0.6) is 11.5 Å². The average Bonchev–Trinajstić information content (AvgIpc) is 2.97. The molecule has 0 radical (unpaired) electrons. The number of aliphatic hydroxyl groups is 2. The van der Waals surface area contributed by atoms with Crippen LogP contribution in [0.4, 0.5) is 11.4 Å². The number of nitro benzene ring substituents is 2. The van der Waals surface area contributed by atoms with Gasteiger partial charge < -0.3 is 29.2 Å². The van der Waals surface area contributed by atoms with E-state index in [0.717, 1.165) is 12.1 Å². The van der Waals surface area contributed by atoms with Crippen LogP contribution in [-0.2, 0) is 9.47 Å². The van der Waals surface area contributed by atoms with Gasteiger partial charge in [0.2, 0.25) is 0 Å². The van der Waals surface area contributed by atoms with Gasteiger partial charge in [0, 0.05) is 24.3 Å². The summed E-state index contributed by atoms with van der Waals surface area (Å²) in [6.07, 6.45) is -2.34. The van der Waals surface area contributed by atoms with Gasteiger partial charge in [-0.05, 0) is 36.4 Å². The maximum atomic E-state index is 12.0. The number of non-ortho nitro benzene ring substituents is 2. The van der Waals surface area contributed by atoms with E-state index in [1.54, 1.807) is 0 Å². The molecule has 3 rings (SSSR count). The number of ether oxygens (including phenoxy) is 4. The van der Waals surface area contributed by atoms with Crippen LogP contribution in [0, 0.1) is 20.2 Å². The highest BCUT2D eigenvalue weighted by atomic mass is 16.6. The van der Waals surface area contributed by atoms with E-state index in [0.29, 0.717) is 11.5 Å². The van der Waals surface area contributed by atoms with E-state index in [1.807, 2.05) is 0 Å². The fourth-order valence-corrected chi connectivity index (χ4v) is 3.12.